The molecule has 24 heavy (non-hydrogen) atoms. The fourth-order valence-electron chi connectivity index (χ4n) is 3.05. The van der Waals surface area contributed by atoms with Crippen molar-refractivity contribution in [1.29, 1.82) is 0 Å². The zero-order chi connectivity index (χ0) is 17.5. The first-order chi connectivity index (χ1) is 11.3. The Morgan fingerprint density at radius 2 is 2.08 bits per heavy atom. The lowest BCUT2D eigenvalue weighted by molar-refractivity contribution is -0.116. The summed E-state index contributed by atoms with van der Waals surface area (Å²) in [5.74, 6) is -1.49. The number of amides is 1. The number of benzene rings is 1. The first-order valence-corrected chi connectivity index (χ1v) is 8.15. The van der Waals surface area contributed by atoms with Crippen LogP contribution in [-0.4, -0.2) is 23.3 Å². The number of hydrogen-bond acceptors (Lipinski definition) is 2. The second-order valence-electron chi connectivity index (χ2n) is 6.60. The van der Waals surface area contributed by atoms with Crippen LogP contribution >= 0.6 is 11.6 Å². The predicted octanol–water partition coefficient (Wildman–Crippen LogP) is 3.81. The van der Waals surface area contributed by atoms with E-state index in [1.807, 2.05) is 13.8 Å². The molecule has 0 aliphatic carbocycles. The zero-order valence-electron chi connectivity index (χ0n) is 13.4. The third-order valence-corrected chi connectivity index (χ3v) is 4.54. The molecule has 3 nitrogen and oxygen atoms in total. The quantitative estimate of drug-likeness (QED) is 0.789. The summed E-state index contributed by atoms with van der Waals surface area (Å²) >= 11 is 5.70. The van der Waals surface area contributed by atoms with Gasteiger partial charge in [0.05, 0.1) is 5.69 Å². The topological polar surface area (TPSA) is 33.2 Å². The number of fused-ring (bicyclic) bond motifs is 1. The van der Waals surface area contributed by atoms with Crippen LogP contribution in [0.15, 0.2) is 30.5 Å². The normalized spacial score (nSPS) is 15.5. The van der Waals surface area contributed by atoms with Crippen molar-refractivity contribution in [2.45, 2.75) is 25.7 Å². The van der Waals surface area contributed by atoms with Gasteiger partial charge in [0, 0.05) is 41.9 Å². The van der Waals surface area contributed by atoms with Gasteiger partial charge in [-0.05, 0) is 17.7 Å². The van der Waals surface area contributed by atoms with Gasteiger partial charge in [0.2, 0.25) is 5.91 Å². The van der Waals surface area contributed by atoms with E-state index in [1.54, 1.807) is 17.2 Å². The summed E-state index contributed by atoms with van der Waals surface area (Å²) < 4.78 is 26.9. The Kier molecular flexibility index (Phi) is 4.30. The van der Waals surface area contributed by atoms with E-state index in [0.29, 0.717) is 17.8 Å². The summed E-state index contributed by atoms with van der Waals surface area (Å²) in [5.41, 5.74) is 2.48. The summed E-state index contributed by atoms with van der Waals surface area (Å²) in [6.45, 7) is 4.60. The number of carbonyl (C=O) groups is 1. The minimum atomic E-state index is -0.612. The standard InChI is InChI=1S/C18H17ClF2N2O/c1-18(2)10-23(17(24)8-19)16-7-13(22-9-14(16)18)5-11-3-4-12(20)6-15(11)21/h3-4,6-7,9H,5,8,10H2,1-2H3. The molecule has 0 spiro atoms. The number of pyridine rings is 1. The monoisotopic (exact) mass is 350 g/mol. The second-order valence-corrected chi connectivity index (χ2v) is 6.87. The van der Waals surface area contributed by atoms with Crippen molar-refractivity contribution in [1.82, 2.24) is 4.98 Å². The molecular weight excluding hydrogens is 334 g/mol. The molecule has 0 saturated heterocycles. The highest BCUT2D eigenvalue weighted by Crippen LogP contribution is 2.40. The molecule has 6 heteroatoms. The summed E-state index contributed by atoms with van der Waals surface area (Å²) in [7, 11) is 0. The Morgan fingerprint density at radius 3 is 2.75 bits per heavy atom. The van der Waals surface area contributed by atoms with Crippen LogP contribution in [0.5, 0.6) is 0 Å². The van der Waals surface area contributed by atoms with E-state index in [4.69, 9.17) is 11.6 Å². The number of carbonyl (C=O) groups excluding carboxylic acids is 1. The van der Waals surface area contributed by atoms with Crippen LogP contribution in [0.3, 0.4) is 0 Å². The average molecular weight is 351 g/mol. The summed E-state index contributed by atoms with van der Waals surface area (Å²) in [4.78, 5) is 18.1. The molecule has 0 N–H and O–H groups in total. The van der Waals surface area contributed by atoms with E-state index in [2.05, 4.69) is 4.98 Å². The number of aromatic nitrogens is 1. The highest BCUT2D eigenvalue weighted by Gasteiger charge is 2.38. The molecule has 3 rings (SSSR count). The van der Waals surface area contributed by atoms with Crippen LogP contribution in [0.4, 0.5) is 14.5 Å². The SMILES string of the molecule is CC1(C)CN(C(=O)CCl)c2cc(Cc3ccc(F)cc3F)ncc21. The van der Waals surface area contributed by atoms with Crippen molar-refractivity contribution in [2.75, 3.05) is 17.3 Å². The molecular formula is C18H17ClF2N2O. The maximum absolute atomic E-state index is 13.8. The number of hydrogen-bond donors (Lipinski definition) is 0. The van der Waals surface area contributed by atoms with E-state index in [0.717, 1.165) is 17.3 Å². The summed E-state index contributed by atoms with van der Waals surface area (Å²) in [6.07, 6.45) is 1.95. The van der Waals surface area contributed by atoms with Gasteiger partial charge in [-0.15, -0.1) is 11.6 Å². The first kappa shape index (κ1) is 16.8. The van der Waals surface area contributed by atoms with Crippen LogP contribution in [0.1, 0.15) is 30.7 Å². The smallest absolute Gasteiger partial charge is 0.241 e. The number of anilines is 1. The molecule has 2 aromatic rings. The van der Waals surface area contributed by atoms with Gasteiger partial charge in [-0.3, -0.25) is 9.78 Å². The van der Waals surface area contributed by atoms with Crippen LogP contribution in [0.25, 0.3) is 0 Å². The summed E-state index contributed by atoms with van der Waals surface area (Å²) in [5, 5.41) is 0. The number of alkyl halides is 1. The van der Waals surface area contributed by atoms with Gasteiger partial charge in [0.15, 0.2) is 0 Å². The number of halogens is 3. The lowest BCUT2D eigenvalue weighted by atomic mass is 9.88. The van der Waals surface area contributed by atoms with E-state index in [9.17, 15) is 13.6 Å². The third-order valence-electron chi connectivity index (χ3n) is 4.31. The average Bonchev–Trinajstić information content (AvgIpc) is 2.80. The molecule has 126 valence electrons. The van der Waals surface area contributed by atoms with Crippen LogP contribution in [0, 0.1) is 11.6 Å². The highest BCUT2D eigenvalue weighted by molar-refractivity contribution is 6.29. The number of rotatable bonds is 3. The lowest BCUT2D eigenvalue weighted by Crippen LogP contribution is -2.34. The van der Waals surface area contributed by atoms with Gasteiger partial charge in [-0.1, -0.05) is 19.9 Å². The molecule has 1 amide bonds. The zero-order valence-corrected chi connectivity index (χ0v) is 14.2. The van der Waals surface area contributed by atoms with Gasteiger partial charge in [-0.25, -0.2) is 8.78 Å². The van der Waals surface area contributed by atoms with Crippen LogP contribution in [0.2, 0.25) is 0 Å². The first-order valence-electron chi connectivity index (χ1n) is 7.61. The Labute approximate surface area is 144 Å². The van der Waals surface area contributed by atoms with Crippen molar-refractivity contribution in [3.63, 3.8) is 0 Å². The summed E-state index contributed by atoms with van der Waals surface area (Å²) in [6, 6.07) is 5.27. The molecule has 0 saturated carbocycles. The van der Waals surface area contributed by atoms with Gasteiger partial charge < -0.3 is 4.90 Å². The highest BCUT2D eigenvalue weighted by atomic mass is 35.5. The maximum Gasteiger partial charge on any atom is 0.241 e. The molecule has 1 aliphatic heterocycles. The molecule has 0 radical (unpaired) electrons. The van der Waals surface area contributed by atoms with E-state index in [1.165, 1.54) is 12.1 Å². The largest absolute Gasteiger partial charge is 0.310 e. The molecule has 0 bridgehead atoms. The fourth-order valence-corrected chi connectivity index (χ4v) is 3.19. The number of nitrogens with zero attached hydrogens (tertiary/aromatic N) is 2. The Bertz CT molecular complexity index is 808. The minimum absolute atomic E-state index is 0.0975. The Morgan fingerprint density at radius 1 is 1.33 bits per heavy atom. The van der Waals surface area contributed by atoms with Crippen molar-refractivity contribution >= 4 is 23.2 Å². The van der Waals surface area contributed by atoms with Crippen molar-refractivity contribution in [3.8, 4) is 0 Å². The Balaban J connectivity index is 1.97. The molecule has 2 heterocycles. The molecule has 0 fully saturated rings. The molecule has 1 aromatic carbocycles. The molecule has 1 aliphatic rings. The lowest BCUT2D eigenvalue weighted by Gasteiger charge is -2.19. The third kappa shape index (κ3) is 3.00. The maximum atomic E-state index is 13.8. The fraction of sp³-hybridized carbons (Fsp3) is 0.333. The van der Waals surface area contributed by atoms with Gasteiger partial charge >= 0.3 is 0 Å². The molecule has 0 atom stereocenters. The predicted molar refractivity (Wildman–Crippen MR) is 89.5 cm³/mol. The van der Waals surface area contributed by atoms with Gasteiger partial charge in [0.1, 0.15) is 17.5 Å². The van der Waals surface area contributed by atoms with E-state index in [-0.39, 0.29) is 23.6 Å². The van der Waals surface area contributed by atoms with Gasteiger partial charge in [0.25, 0.3) is 0 Å². The molecule has 0 unspecified atom stereocenters. The van der Waals surface area contributed by atoms with E-state index < -0.39 is 11.6 Å². The van der Waals surface area contributed by atoms with Crippen LogP contribution < -0.4 is 4.90 Å². The van der Waals surface area contributed by atoms with Crippen molar-refractivity contribution in [3.05, 3.63) is 58.9 Å². The van der Waals surface area contributed by atoms with Crippen molar-refractivity contribution < 1.29 is 13.6 Å². The Hall–Kier alpha value is -2.01. The molecule has 1 aromatic heterocycles. The van der Waals surface area contributed by atoms with Crippen LogP contribution in [-0.2, 0) is 16.6 Å². The van der Waals surface area contributed by atoms with E-state index >= 15 is 0 Å². The minimum Gasteiger partial charge on any atom is -0.310 e. The van der Waals surface area contributed by atoms with Crippen molar-refractivity contribution in [2.24, 2.45) is 0 Å². The second kappa shape index (κ2) is 6.13. The van der Waals surface area contributed by atoms with Gasteiger partial charge in [-0.2, -0.15) is 0 Å².